The summed E-state index contributed by atoms with van der Waals surface area (Å²) >= 11 is 0. The number of likely N-dealkylation sites (N-methyl/N-ethyl adjacent to an activating group) is 1. The summed E-state index contributed by atoms with van der Waals surface area (Å²) in [4.78, 5) is 35.6. The Bertz CT molecular complexity index is 1150. The minimum Gasteiger partial charge on any atom is -0.478 e. The van der Waals surface area contributed by atoms with E-state index in [0.717, 1.165) is 0 Å². The normalized spacial score (nSPS) is 19.1. The van der Waals surface area contributed by atoms with Gasteiger partial charge in [-0.25, -0.2) is 14.8 Å². The number of aliphatic carboxylic acids is 1. The number of benzene rings is 2. The Morgan fingerprint density at radius 2 is 1.72 bits per heavy atom. The second kappa shape index (κ2) is 8.39. The lowest BCUT2D eigenvalue weighted by atomic mass is 9.77. The molecule has 2 atom stereocenters. The maximum atomic E-state index is 12.8. The van der Waals surface area contributed by atoms with Crippen molar-refractivity contribution in [1.82, 2.24) is 15.3 Å². The Kier molecular flexibility index (Phi) is 5.63. The summed E-state index contributed by atoms with van der Waals surface area (Å²) < 4.78 is 6.00. The Labute approximate surface area is 185 Å². The summed E-state index contributed by atoms with van der Waals surface area (Å²) in [6.07, 6.45) is -1.47. The first-order chi connectivity index (χ1) is 15.3. The van der Waals surface area contributed by atoms with Gasteiger partial charge in [-0.15, -0.1) is 0 Å². The fourth-order valence-electron chi connectivity index (χ4n) is 4.18. The topological polar surface area (TPSA) is 105 Å². The third kappa shape index (κ3) is 3.69. The summed E-state index contributed by atoms with van der Waals surface area (Å²) in [5, 5.41) is 13.6. The van der Waals surface area contributed by atoms with Crippen LogP contribution >= 0.6 is 0 Å². The monoisotopic (exact) mass is 432 g/mol. The van der Waals surface area contributed by atoms with Gasteiger partial charge < -0.3 is 14.7 Å². The standard InChI is InChI=1S/C24H24N4O4/c1-15-13-16(2)27-23(26-15)32-21(22(30)31)24(17-9-5-4-6-10-17)18-11-7-8-12-19(18)28(3)20(29)14-25-24/h4-13,21,25H,14H2,1-3H3,(H,30,31). The number of amides is 1. The van der Waals surface area contributed by atoms with Gasteiger partial charge in [0.2, 0.25) is 12.0 Å². The van der Waals surface area contributed by atoms with E-state index in [0.29, 0.717) is 28.2 Å². The Balaban J connectivity index is 1.99. The molecule has 3 aromatic rings. The molecule has 2 N–H and O–H groups in total. The van der Waals surface area contributed by atoms with Gasteiger partial charge in [-0.2, -0.15) is 0 Å². The molecule has 0 saturated heterocycles. The molecule has 1 aliphatic heterocycles. The van der Waals surface area contributed by atoms with E-state index in [1.807, 2.05) is 48.5 Å². The lowest BCUT2D eigenvalue weighted by molar-refractivity contribution is -0.149. The van der Waals surface area contributed by atoms with Gasteiger partial charge in [-0.1, -0.05) is 48.5 Å². The summed E-state index contributed by atoms with van der Waals surface area (Å²) in [6.45, 7) is 3.50. The highest BCUT2D eigenvalue weighted by molar-refractivity contribution is 5.97. The SMILES string of the molecule is Cc1cc(C)nc(OC(C(=O)O)C2(c3ccccc3)NCC(=O)N(C)c3ccccc32)n1. The maximum Gasteiger partial charge on any atom is 0.347 e. The van der Waals surface area contributed by atoms with Crippen LogP contribution in [0.1, 0.15) is 22.5 Å². The van der Waals surface area contributed by atoms with Crippen molar-refractivity contribution in [2.45, 2.75) is 25.5 Å². The summed E-state index contributed by atoms with van der Waals surface area (Å²) in [7, 11) is 1.67. The van der Waals surface area contributed by atoms with E-state index in [9.17, 15) is 14.7 Å². The van der Waals surface area contributed by atoms with Crippen molar-refractivity contribution in [3.05, 3.63) is 83.2 Å². The maximum absolute atomic E-state index is 12.8. The fraction of sp³-hybridized carbons (Fsp3) is 0.250. The second-order valence-electron chi connectivity index (χ2n) is 7.77. The fourth-order valence-corrected chi connectivity index (χ4v) is 4.18. The number of carbonyl (C=O) groups excluding carboxylic acids is 1. The van der Waals surface area contributed by atoms with Crippen molar-refractivity contribution in [3.8, 4) is 6.01 Å². The molecule has 0 fully saturated rings. The number of carbonyl (C=O) groups is 2. The number of nitrogens with one attached hydrogen (secondary N) is 1. The Morgan fingerprint density at radius 1 is 1.09 bits per heavy atom. The highest BCUT2D eigenvalue weighted by Gasteiger charge is 2.51. The number of ether oxygens (including phenoxy) is 1. The average Bonchev–Trinajstić information content (AvgIpc) is 2.88. The minimum atomic E-state index is -1.47. The van der Waals surface area contributed by atoms with Crippen molar-refractivity contribution >= 4 is 17.6 Å². The predicted octanol–water partition coefficient (Wildman–Crippen LogP) is 2.44. The molecular weight excluding hydrogens is 408 g/mol. The highest BCUT2D eigenvalue weighted by Crippen LogP contribution is 2.41. The van der Waals surface area contributed by atoms with Gasteiger partial charge in [0.05, 0.1) is 6.54 Å². The molecule has 8 nitrogen and oxygen atoms in total. The quantitative estimate of drug-likeness (QED) is 0.638. The van der Waals surface area contributed by atoms with Gasteiger partial charge in [0, 0.05) is 29.7 Å². The smallest absolute Gasteiger partial charge is 0.347 e. The minimum absolute atomic E-state index is 0.0339. The molecule has 32 heavy (non-hydrogen) atoms. The van der Waals surface area contributed by atoms with E-state index in [2.05, 4.69) is 15.3 Å². The molecule has 1 aliphatic rings. The zero-order valence-corrected chi connectivity index (χ0v) is 18.1. The molecule has 0 spiro atoms. The van der Waals surface area contributed by atoms with E-state index in [1.165, 1.54) is 4.90 Å². The first-order valence-corrected chi connectivity index (χ1v) is 10.2. The zero-order chi connectivity index (χ0) is 22.9. The van der Waals surface area contributed by atoms with Gasteiger partial charge in [0.25, 0.3) is 0 Å². The van der Waals surface area contributed by atoms with E-state index in [1.54, 1.807) is 33.0 Å². The number of nitrogens with zero attached hydrogens (tertiary/aromatic N) is 3. The van der Waals surface area contributed by atoms with Crippen LogP contribution in [0.25, 0.3) is 0 Å². The molecule has 0 saturated carbocycles. The number of anilines is 1. The van der Waals surface area contributed by atoms with Crippen LogP contribution in [0.15, 0.2) is 60.7 Å². The number of para-hydroxylation sites is 1. The van der Waals surface area contributed by atoms with Gasteiger partial charge >= 0.3 is 12.0 Å². The molecule has 0 aliphatic carbocycles. The zero-order valence-electron chi connectivity index (χ0n) is 18.1. The number of aryl methyl sites for hydroxylation is 2. The van der Waals surface area contributed by atoms with Crippen LogP contribution < -0.4 is 15.0 Å². The van der Waals surface area contributed by atoms with Crippen LogP contribution in [0.5, 0.6) is 6.01 Å². The van der Waals surface area contributed by atoms with Gasteiger partial charge in [-0.3, -0.25) is 10.1 Å². The lowest BCUT2D eigenvalue weighted by Crippen LogP contribution is -2.58. The average molecular weight is 432 g/mol. The van der Waals surface area contributed by atoms with Crippen molar-refractivity contribution in [1.29, 1.82) is 0 Å². The van der Waals surface area contributed by atoms with E-state index >= 15 is 0 Å². The predicted molar refractivity (Wildman–Crippen MR) is 119 cm³/mol. The van der Waals surface area contributed by atoms with Crippen molar-refractivity contribution in [3.63, 3.8) is 0 Å². The molecular formula is C24H24N4O4. The third-order valence-electron chi connectivity index (χ3n) is 5.61. The summed E-state index contributed by atoms with van der Waals surface area (Å²) in [6, 6.07) is 18.1. The number of hydrogen-bond donors (Lipinski definition) is 2. The summed E-state index contributed by atoms with van der Waals surface area (Å²) in [5.74, 6) is -1.40. The second-order valence-corrected chi connectivity index (χ2v) is 7.77. The number of fused-ring (bicyclic) bond motifs is 1. The van der Waals surface area contributed by atoms with Crippen LogP contribution in [0.4, 0.5) is 5.69 Å². The lowest BCUT2D eigenvalue weighted by Gasteiger charge is -2.39. The molecule has 2 unspecified atom stereocenters. The van der Waals surface area contributed by atoms with E-state index < -0.39 is 17.6 Å². The first-order valence-electron chi connectivity index (χ1n) is 10.2. The molecule has 0 radical (unpaired) electrons. The summed E-state index contributed by atoms with van der Waals surface area (Å²) in [5.41, 5.74) is 1.79. The van der Waals surface area contributed by atoms with Crippen LogP contribution in [-0.2, 0) is 15.1 Å². The first kappa shape index (κ1) is 21.5. The van der Waals surface area contributed by atoms with Gasteiger partial charge in [0.1, 0.15) is 5.54 Å². The van der Waals surface area contributed by atoms with Gasteiger partial charge in [-0.05, 0) is 31.5 Å². The molecule has 8 heteroatoms. The van der Waals surface area contributed by atoms with Gasteiger partial charge in [0.15, 0.2) is 0 Å². The van der Waals surface area contributed by atoms with Crippen molar-refractivity contribution < 1.29 is 19.4 Å². The molecule has 2 heterocycles. The van der Waals surface area contributed by atoms with Crippen molar-refractivity contribution in [2.24, 2.45) is 0 Å². The van der Waals surface area contributed by atoms with Crippen LogP contribution in [0.3, 0.4) is 0 Å². The van der Waals surface area contributed by atoms with Crippen LogP contribution in [-0.4, -0.2) is 46.6 Å². The Morgan fingerprint density at radius 3 is 2.38 bits per heavy atom. The molecule has 4 rings (SSSR count). The van der Waals surface area contributed by atoms with E-state index in [4.69, 9.17) is 4.74 Å². The molecule has 1 amide bonds. The van der Waals surface area contributed by atoms with Crippen LogP contribution in [0, 0.1) is 13.8 Å². The molecule has 1 aromatic heterocycles. The number of carboxylic acid groups (broad SMARTS) is 1. The highest BCUT2D eigenvalue weighted by atomic mass is 16.5. The van der Waals surface area contributed by atoms with Crippen LogP contribution in [0.2, 0.25) is 0 Å². The number of aromatic nitrogens is 2. The Hall–Kier alpha value is -3.78. The molecule has 2 aromatic carbocycles. The van der Waals surface area contributed by atoms with E-state index in [-0.39, 0.29) is 18.5 Å². The molecule has 0 bridgehead atoms. The number of rotatable bonds is 5. The molecule has 164 valence electrons. The number of carboxylic acids is 1. The number of hydrogen-bond acceptors (Lipinski definition) is 6. The van der Waals surface area contributed by atoms with Crippen molar-refractivity contribution in [2.75, 3.05) is 18.5 Å². The third-order valence-corrected chi connectivity index (χ3v) is 5.61. The largest absolute Gasteiger partial charge is 0.478 e.